The van der Waals surface area contributed by atoms with Gasteiger partial charge < -0.3 is 25.0 Å². The molecule has 142 valence electrons. The number of hydrogen-bond acceptors (Lipinski definition) is 5. The van der Waals surface area contributed by atoms with E-state index in [1.165, 1.54) is 19.3 Å². The molecule has 25 heavy (non-hydrogen) atoms. The Morgan fingerprint density at radius 1 is 1.20 bits per heavy atom. The van der Waals surface area contributed by atoms with E-state index >= 15 is 0 Å². The van der Waals surface area contributed by atoms with Gasteiger partial charge in [-0.3, -0.25) is 9.59 Å². The van der Waals surface area contributed by atoms with E-state index in [-0.39, 0.29) is 29.3 Å². The van der Waals surface area contributed by atoms with Crippen LogP contribution in [0.4, 0.5) is 0 Å². The van der Waals surface area contributed by atoms with Gasteiger partial charge in [-0.25, -0.2) is 0 Å². The molecule has 3 rings (SSSR count). The summed E-state index contributed by atoms with van der Waals surface area (Å²) in [6, 6.07) is 0. The number of ether oxygens (including phenoxy) is 2. The zero-order chi connectivity index (χ0) is 17.9. The highest BCUT2D eigenvalue weighted by Gasteiger charge is 2.35. The van der Waals surface area contributed by atoms with Crippen molar-refractivity contribution in [3.8, 4) is 0 Å². The van der Waals surface area contributed by atoms with Gasteiger partial charge in [-0.15, -0.1) is 0 Å². The van der Waals surface area contributed by atoms with Crippen molar-refractivity contribution in [1.29, 1.82) is 0 Å². The highest BCUT2D eigenvalue weighted by Crippen LogP contribution is 2.39. The first-order valence-corrected chi connectivity index (χ1v) is 9.42. The predicted molar refractivity (Wildman–Crippen MR) is 93.1 cm³/mol. The van der Waals surface area contributed by atoms with Crippen molar-refractivity contribution < 1.29 is 19.1 Å². The van der Waals surface area contributed by atoms with Gasteiger partial charge in [0.2, 0.25) is 5.91 Å². The molecule has 7 nitrogen and oxygen atoms in total. The maximum absolute atomic E-state index is 12.3. The quantitative estimate of drug-likeness (QED) is 0.710. The number of carbonyl (C=O) groups excluding carboxylic acids is 2. The van der Waals surface area contributed by atoms with Crippen molar-refractivity contribution >= 4 is 11.8 Å². The molecule has 7 heteroatoms. The summed E-state index contributed by atoms with van der Waals surface area (Å²) >= 11 is 0. The number of carbonyl (C=O) groups is 2. The minimum Gasteiger partial charge on any atom is -0.376 e. The fourth-order valence-corrected chi connectivity index (χ4v) is 3.70. The van der Waals surface area contributed by atoms with Crippen LogP contribution in [-0.2, 0) is 19.1 Å². The van der Waals surface area contributed by atoms with Gasteiger partial charge in [0.15, 0.2) is 0 Å². The zero-order valence-electron chi connectivity index (χ0n) is 15.4. The SMILES string of the molecule is CN1CCOC(C(=O)NC[C@@H]2C[C@H](C(=O)NCC3(C)CCC3)CO2)C1. The summed E-state index contributed by atoms with van der Waals surface area (Å²) < 4.78 is 11.2. The Morgan fingerprint density at radius 2 is 2.00 bits per heavy atom. The first-order valence-electron chi connectivity index (χ1n) is 9.42. The molecular formula is C18H31N3O4. The van der Waals surface area contributed by atoms with Crippen molar-refractivity contribution in [3.63, 3.8) is 0 Å². The smallest absolute Gasteiger partial charge is 0.250 e. The number of morpholine rings is 1. The van der Waals surface area contributed by atoms with E-state index in [9.17, 15) is 9.59 Å². The van der Waals surface area contributed by atoms with E-state index in [2.05, 4.69) is 22.5 Å². The third-order valence-corrected chi connectivity index (χ3v) is 5.77. The number of nitrogens with zero attached hydrogens (tertiary/aromatic N) is 1. The molecule has 0 aromatic carbocycles. The second-order valence-electron chi connectivity index (χ2n) is 8.14. The lowest BCUT2D eigenvalue weighted by Crippen LogP contribution is -2.49. The van der Waals surface area contributed by atoms with Crippen LogP contribution in [0.25, 0.3) is 0 Å². The normalized spacial score (nSPS) is 32.0. The van der Waals surface area contributed by atoms with Crippen LogP contribution in [0.5, 0.6) is 0 Å². The zero-order valence-corrected chi connectivity index (χ0v) is 15.4. The Hall–Kier alpha value is -1.18. The number of rotatable bonds is 6. The van der Waals surface area contributed by atoms with E-state index in [0.717, 1.165) is 13.1 Å². The average Bonchev–Trinajstić information content (AvgIpc) is 3.05. The Morgan fingerprint density at radius 3 is 2.68 bits per heavy atom. The van der Waals surface area contributed by atoms with Crippen LogP contribution < -0.4 is 10.6 Å². The number of nitrogens with one attached hydrogen (secondary N) is 2. The molecule has 0 spiro atoms. The molecule has 2 N–H and O–H groups in total. The highest BCUT2D eigenvalue weighted by molar-refractivity contribution is 5.81. The topological polar surface area (TPSA) is 79.9 Å². The molecule has 1 aliphatic carbocycles. The molecule has 2 amide bonds. The fourth-order valence-electron chi connectivity index (χ4n) is 3.70. The van der Waals surface area contributed by atoms with Crippen LogP contribution in [0.3, 0.4) is 0 Å². The first kappa shape index (κ1) is 18.6. The van der Waals surface area contributed by atoms with Crippen LogP contribution in [0.15, 0.2) is 0 Å². The molecule has 0 aromatic rings. The van der Waals surface area contributed by atoms with Crippen LogP contribution >= 0.6 is 0 Å². The minimum absolute atomic E-state index is 0.0826. The molecule has 0 radical (unpaired) electrons. The van der Waals surface area contributed by atoms with Gasteiger partial charge in [0, 0.05) is 26.2 Å². The molecule has 2 aliphatic heterocycles. The third kappa shape index (κ3) is 4.92. The molecule has 3 fully saturated rings. The Labute approximate surface area is 149 Å². The summed E-state index contributed by atoms with van der Waals surface area (Å²) in [6.45, 7) is 5.90. The molecule has 2 saturated heterocycles. The first-order chi connectivity index (χ1) is 12.0. The van der Waals surface area contributed by atoms with E-state index in [0.29, 0.717) is 32.7 Å². The lowest BCUT2D eigenvalue weighted by Gasteiger charge is -2.38. The molecular weight excluding hydrogens is 322 g/mol. The number of likely N-dealkylation sites (N-methyl/N-ethyl adjacent to an activating group) is 1. The average molecular weight is 353 g/mol. The minimum atomic E-state index is -0.414. The summed E-state index contributed by atoms with van der Waals surface area (Å²) in [7, 11) is 1.98. The number of hydrogen-bond donors (Lipinski definition) is 2. The second-order valence-corrected chi connectivity index (χ2v) is 8.14. The molecule has 3 aliphatic rings. The van der Waals surface area contributed by atoms with Crippen molar-refractivity contribution in [2.45, 2.75) is 44.8 Å². The van der Waals surface area contributed by atoms with Crippen molar-refractivity contribution in [2.24, 2.45) is 11.3 Å². The van der Waals surface area contributed by atoms with Gasteiger partial charge in [-0.2, -0.15) is 0 Å². The van der Waals surface area contributed by atoms with Gasteiger partial charge in [0.05, 0.1) is 25.2 Å². The molecule has 1 saturated carbocycles. The van der Waals surface area contributed by atoms with Crippen LogP contribution in [0, 0.1) is 11.3 Å². The fraction of sp³-hybridized carbons (Fsp3) is 0.889. The van der Waals surface area contributed by atoms with Crippen molar-refractivity contribution in [2.75, 3.05) is 46.4 Å². The highest BCUT2D eigenvalue weighted by atomic mass is 16.5. The van der Waals surface area contributed by atoms with Gasteiger partial charge in [-0.05, 0) is 31.7 Å². The van der Waals surface area contributed by atoms with E-state index in [1.54, 1.807) is 0 Å². The Kier molecular flexibility index (Phi) is 5.96. The standard InChI is InChI=1S/C18H31N3O4/c1-18(4-3-5-18)12-20-16(22)13-8-14(25-11-13)9-19-17(23)15-10-21(2)6-7-24-15/h13-15H,3-12H2,1-2H3,(H,19,23)(H,20,22)/t13-,14-,15?/m0/s1. The van der Waals surface area contributed by atoms with E-state index in [1.807, 2.05) is 7.05 Å². The molecule has 3 atom stereocenters. The van der Waals surface area contributed by atoms with E-state index < -0.39 is 6.10 Å². The summed E-state index contributed by atoms with van der Waals surface area (Å²) in [5.74, 6) is -0.122. The lowest BCUT2D eigenvalue weighted by molar-refractivity contribution is -0.138. The number of amides is 2. The third-order valence-electron chi connectivity index (χ3n) is 5.77. The van der Waals surface area contributed by atoms with Gasteiger partial charge in [-0.1, -0.05) is 13.3 Å². The maximum Gasteiger partial charge on any atom is 0.250 e. The van der Waals surface area contributed by atoms with Gasteiger partial charge >= 0.3 is 0 Å². The summed E-state index contributed by atoms with van der Waals surface area (Å²) in [5, 5.41) is 5.98. The molecule has 0 bridgehead atoms. The monoisotopic (exact) mass is 353 g/mol. The van der Waals surface area contributed by atoms with Gasteiger partial charge in [0.25, 0.3) is 5.91 Å². The van der Waals surface area contributed by atoms with Crippen LogP contribution in [0.1, 0.15) is 32.6 Å². The maximum atomic E-state index is 12.3. The summed E-state index contributed by atoms with van der Waals surface area (Å²) in [5.41, 5.74) is 0.287. The summed E-state index contributed by atoms with van der Waals surface area (Å²) in [6.07, 6.45) is 3.81. The predicted octanol–water partition coefficient (Wildman–Crippen LogP) is 0.145. The molecule has 2 heterocycles. The molecule has 1 unspecified atom stereocenters. The Balaban J connectivity index is 1.34. The van der Waals surface area contributed by atoms with Crippen molar-refractivity contribution in [3.05, 3.63) is 0 Å². The summed E-state index contributed by atoms with van der Waals surface area (Å²) in [4.78, 5) is 26.6. The molecule has 0 aromatic heterocycles. The lowest BCUT2D eigenvalue weighted by atomic mass is 9.70. The van der Waals surface area contributed by atoms with Crippen molar-refractivity contribution in [1.82, 2.24) is 15.5 Å². The largest absolute Gasteiger partial charge is 0.376 e. The van der Waals surface area contributed by atoms with Crippen LogP contribution in [-0.4, -0.2) is 75.4 Å². The van der Waals surface area contributed by atoms with E-state index in [4.69, 9.17) is 9.47 Å². The van der Waals surface area contributed by atoms with Gasteiger partial charge in [0.1, 0.15) is 6.10 Å². The van der Waals surface area contributed by atoms with Crippen LogP contribution in [0.2, 0.25) is 0 Å². The Bertz CT molecular complexity index is 495. The second kappa shape index (κ2) is 8.01.